The van der Waals surface area contributed by atoms with Crippen molar-refractivity contribution in [2.24, 2.45) is 11.8 Å². The molecule has 2 N–H and O–H groups in total. The van der Waals surface area contributed by atoms with Crippen molar-refractivity contribution < 1.29 is 37.0 Å². The quantitative estimate of drug-likeness (QED) is 0.653. The number of esters is 1. The molecule has 1 amide bonds. The highest BCUT2D eigenvalue weighted by molar-refractivity contribution is 5.86. The topological polar surface area (TPSA) is 85.9 Å². The van der Waals surface area contributed by atoms with Crippen molar-refractivity contribution in [3.05, 3.63) is 18.2 Å². The number of fused-ring (bicyclic) bond motifs is 1. The standard InChI is InChI=1S/C20H25F3N2O5/c1-19(2,20(21,22)23)30-18(27)25-12-6-7-15-14(8-12)24-10-16(29-15)13(11-4-5-11)9-17(26)28-3/h6-8,11,13,16,24H,4-5,9-10H2,1-3H3,(H,25,27)/t13-,16-/m1/s1. The summed E-state index contributed by atoms with van der Waals surface area (Å²) in [5.74, 6) is 0.720. The van der Waals surface area contributed by atoms with E-state index in [-0.39, 0.29) is 30.1 Å². The smallest absolute Gasteiger partial charge is 0.427 e. The zero-order valence-electron chi connectivity index (χ0n) is 17.0. The summed E-state index contributed by atoms with van der Waals surface area (Å²) in [4.78, 5) is 23.6. The van der Waals surface area contributed by atoms with E-state index >= 15 is 0 Å². The molecule has 1 aromatic rings. The summed E-state index contributed by atoms with van der Waals surface area (Å²) in [6.45, 7) is 2.01. The van der Waals surface area contributed by atoms with E-state index in [1.54, 1.807) is 12.1 Å². The number of amides is 1. The second-order valence-electron chi connectivity index (χ2n) is 8.05. The maximum atomic E-state index is 12.9. The summed E-state index contributed by atoms with van der Waals surface area (Å²) in [5, 5.41) is 5.50. The Morgan fingerprint density at radius 2 is 2.00 bits per heavy atom. The number of anilines is 2. The summed E-state index contributed by atoms with van der Waals surface area (Å²) in [7, 11) is 1.36. The van der Waals surface area contributed by atoms with Crippen molar-refractivity contribution in [1.29, 1.82) is 0 Å². The Balaban J connectivity index is 1.63. The number of rotatable bonds is 6. The molecule has 0 saturated heterocycles. The number of hydrogen-bond donors (Lipinski definition) is 2. The van der Waals surface area contributed by atoms with Crippen molar-refractivity contribution >= 4 is 23.4 Å². The summed E-state index contributed by atoms with van der Waals surface area (Å²) in [5.41, 5.74) is -1.76. The van der Waals surface area contributed by atoms with E-state index in [4.69, 9.17) is 9.47 Å². The number of alkyl halides is 3. The minimum Gasteiger partial charge on any atom is -0.486 e. The first-order chi connectivity index (χ1) is 14.0. The molecule has 2 aliphatic rings. The maximum Gasteiger partial charge on any atom is 0.427 e. The third-order valence-electron chi connectivity index (χ3n) is 5.36. The Hall–Kier alpha value is -2.65. The van der Waals surface area contributed by atoms with E-state index in [0.29, 0.717) is 23.9 Å². The number of methoxy groups -OCH3 is 1. The van der Waals surface area contributed by atoms with Crippen LogP contribution in [0.15, 0.2) is 18.2 Å². The van der Waals surface area contributed by atoms with Gasteiger partial charge in [0.15, 0.2) is 0 Å². The van der Waals surface area contributed by atoms with Crippen LogP contribution in [0.3, 0.4) is 0 Å². The van der Waals surface area contributed by atoms with Crippen LogP contribution in [0.4, 0.5) is 29.3 Å². The van der Waals surface area contributed by atoms with Gasteiger partial charge >= 0.3 is 18.2 Å². The van der Waals surface area contributed by atoms with Gasteiger partial charge in [0.25, 0.3) is 0 Å². The minimum atomic E-state index is -4.69. The molecule has 30 heavy (non-hydrogen) atoms. The maximum absolute atomic E-state index is 12.9. The summed E-state index contributed by atoms with van der Waals surface area (Å²) >= 11 is 0. The fourth-order valence-electron chi connectivity index (χ4n) is 3.34. The van der Waals surface area contributed by atoms with Gasteiger partial charge in [-0.1, -0.05) is 0 Å². The van der Waals surface area contributed by atoms with Gasteiger partial charge in [-0.25, -0.2) is 4.79 Å². The van der Waals surface area contributed by atoms with Gasteiger partial charge in [0.1, 0.15) is 11.9 Å². The number of carbonyl (C=O) groups excluding carboxylic acids is 2. The molecule has 7 nitrogen and oxygen atoms in total. The Kier molecular flexibility index (Phi) is 6.05. The molecule has 0 aromatic heterocycles. The van der Waals surface area contributed by atoms with Crippen molar-refractivity contribution in [1.82, 2.24) is 0 Å². The fraction of sp³-hybridized carbons (Fsp3) is 0.600. The van der Waals surface area contributed by atoms with Crippen LogP contribution in [0, 0.1) is 11.8 Å². The van der Waals surface area contributed by atoms with Gasteiger partial charge in [-0.15, -0.1) is 0 Å². The van der Waals surface area contributed by atoms with Crippen LogP contribution in [0.25, 0.3) is 0 Å². The number of ether oxygens (including phenoxy) is 3. The molecule has 0 unspecified atom stereocenters. The zero-order valence-corrected chi connectivity index (χ0v) is 17.0. The first kappa shape index (κ1) is 22.0. The first-order valence-corrected chi connectivity index (χ1v) is 9.68. The molecule has 1 heterocycles. The summed E-state index contributed by atoms with van der Waals surface area (Å²) < 4.78 is 53.9. The lowest BCUT2D eigenvalue weighted by atomic mass is 9.92. The highest BCUT2D eigenvalue weighted by atomic mass is 19.4. The van der Waals surface area contributed by atoms with Gasteiger partial charge < -0.3 is 19.5 Å². The van der Waals surface area contributed by atoms with E-state index in [2.05, 4.69) is 15.4 Å². The molecular formula is C20H25F3N2O5. The van der Waals surface area contributed by atoms with Gasteiger partial charge in [0, 0.05) is 11.6 Å². The number of benzene rings is 1. The second kappa shape index (κ2) is 8.23. The number of carbonyl (C=O) groups is 2. The van der Waals surface area contributed by atoms with Crippen molar-refractivity contribution in [2.75, 3.05) is 24.3 Å². The predicted octanol–water partition coefficient (Wildman–Crippen LogP) is 4.34. The Bertz CT molecular complexity index is 808. The lowest BCUT2D eigenvalue weighted by Gasteiger charge is -2.33. The van der Waals surface area contributed by atoms with Gasteiger partial charge in [0.2, 0.25) is 5.60 Å². The third-order valence-corrected chi connectivity index (χ3v) is 5.36. The molecule has 1 saturated carbocycles. The van der Waals surface area contributed by atoms with E-state index < -0.39 is 17.9 Å². The van der Waals surface area contributed by atoms with E-state index in [1.165, 1.54) is 13.2 Å². The monoisotopic (exact) mass is 430 g/mol. The molecule has 0 spiro atoms. The van der Waals surface area contributed by atoms with Gasteiger partial charge in [-0.05, 0) is 50.8 Å². The average Bonchev–Trinajstić information content (AvgIpc) is 3.49. The van der Waals surface area contributed by atoms with Crippen molar-refractivity contribution in [3.8, 4) is 5.75 Å². The molecule has 2 atom stereocenters. The van der Waals surface area contributed by atoms with Crippen molar-refractivity contribution in [2.45, 2.75) is 51.0 Å². The van der Waals surface area contributed by atoms with E-state index in [9.17, 15) is 22.8 Å². The molecule has 10 heteroatoms. The summed E-state index contributed by atoms with van der Waals surface area (Å²) in [6, 6.07) is 4.68. The van der Waals surface area contributed by atoms with Crippen LogP contribution in [0.1, 0.15) is 33.1 Å². The normalized spacial score (nSPS) is 19.6. The molecule has 3 rings (SSSR count). The zero-order chi connectivity index (χ0) is 22.1. The SMILES string of the molecule is COC(=O)C[C@H](C1CC1)[C@H]1CNc2cc(NC(=O)OC(C)(C)C(F)(F)F)ccc2O1. The Morgan fingerprint density at radius 1 is 1.30 bits per heavy atom. The van der Waals surface area contributed by atoms with Crippen LogP contribution in [0.2, 0.25) is 0 Å². The molecule has 1 aliphatic carbocycles. The Labute approximate surface area is 172 Å². The highest BCUT2D eigenvalue weighted by Crippen LogP contribution is 2.43. The van der Waals surface area contributed by atoms with Crippen LogP contribution >= 0.6 is 0 Å². The molecule has 0 bridgehead atoms. The number of halogens is 3. The number of nitrogens with one attached hydrogen (secondary N) is 2. The third kappa shape index (κ3) is 5.09. The molecule has 0 radical (unpaired) electrons. The van der Waals surface area contributed by atoms with Crippen LogP contribution in [-0.4, -0.2) is 43.6 Å². The highest BCUT2D eigenvalue weighted by Gasteiger charge is 2.51. The van der Waals surface area contributed by atoms with Gasteiger partial charge in [-0.3, -0.25) is 10.1 Å². The lowest BCUT2D eigenvalue weighted by Crippen LogP contribution is -2.44. The molecule has 1 fully saturated rings. The molecular weight excluding hydrogens is 405 g/mol. The van der Waals surface area contributed by atoms with E-state index in [0.717, 1.165) is 26.7 Å². The number of hydrogen-bond acceptors (Lipinski definition) is 6. The molecule has 1 aromatic carbocycles. The lowest BCUT2D eigenvalue weighted by molar-refractivity contribution is -0.242. The van der Waals surface area contributed by atoms with Crippen LogP contribution in [0.5, 0.6) is 5.75 Å². The van der Waals surface area contributed by atoms with Gasteiger partial charge in [-0.2, -0.15) is 13.2 Å². The van der Waals surface area contributed by atoms with Gasteiger partial charge in [0.05, 0.1) is 25.8 Å². The second-order valence-corrected chi connectivity index (χ2v) is 8.05. The van der Waals surface area contributed by atoms with E-state index in [1.807, 2.05) is 0 Å². The minimum absolute atomic E-state index is 0.0375. The summed E-state index contributed by atoms with van der Waals surface area (Å²) in [6.07, 6.45) is -3.73. The Morgan fingerprint density at radius 3 is 2.60 bits per heavy atom. The first-order valence-electron chi connectivity index (χ1n) is 9.68. The predicted molar refractivity (Wildman–Crippen MR) is 102 cm³/mol. The fourth-order valence-corrected chi connectivity index (χ4v) is 3.34. The molecule has 166 valence electrons. The van der Waals surface area contributed by atoms with Crippen molar-refractivity contribution in [3.63, 3.8) is 0 Å². The van der Waals surface area contributed by atoms with Crippen LogP contribution < -0.4 is 15.4 Å². The average molecular weight is 430 g/mol. The van der Waals surface area contributed by atoms with Crippen LogP contribution in [-0.2, 0) is 14.3 Å². The molecule has 1 aliphatic heterocycles. The largest absolute Gasteiger partial charge is 0.486 e.